The van der Waals surface area contributed by atoms with E-state index in [1.165, 1.54) is 44.5 Å². The van der Waals surface area contributed by atoms with Crippen LogP contribution in [-0.4, -0.2) is 18.0 Å². The summed E-state index contributed by atoms with van der Waals surface area (Å²) in [5, 5.41) is 0. The molecule has 4 aromatic rings. The van der Waals surface area contributed by atoms with Crippen LogP contribution in [0.2, 0.25) is 0 Å². The minimum atomic E-state index is 0.0789. The Bertz CT molecular complexity index is 1190. The summed E-state index contributed by atoms with van der Waals surface area (Å²) in [5.41, 5.74) is 16.7. The van der Waals surface area contributed by atoms with E-state index in [1.807, 2.05) is 0 Å². The topological polar surface area (TPSA) is 29.3 Å². The zero-order valence-corrected chi connectivity index (χ0v) is 19.1. The molecule has 0 aliphatic heterocycles. The lowest BCUT2D eigenvalue weighted by atomic mass is 9.87. The molecule has 0 heterocycles. The number of nitrogens with zero attached hydrogens (tertiary/aromatic N) is 1. The number of nitrogens with two attached hydrogens (primary N) is 1. The predicted octanol–water partition coefficient (Wildman–Crippen LogP) is 6.79. The van der Waals surface area contributed by atoms with Gasteiger partial charge >= 0.3 is 0 Å². The van der Waals surface area contributed by atoms with Crippen LogP contribution in [0.4, 0.5) is 0 Å². The summed E-state index contributed by atoms with van der Waals surface area (Å²) in [4.78, 5) is 2.62. The summed E-state index contributed by atoms with van der Waals surface area (Å²) >= 11 is 0. The third-order valence-corrected chi connectivity index (χ3v) is 7.10. The molecule has 6 rings (SSSR count). The molecular weight excluding hydrogens is 412 g/mol. The predicted molar refractivity (Wildman–Crippen MR) is 143 cm³/mol. The Morgan fingerprint density at radius 2 is 0.765 bits per heavy atom. The standard InChI is InChI=1S/C32H28N2/c33-21-22-34(31-27-13-5-1-9-23(27)17-18-24-10-2-6-14-28(24)31)32-29-15-7-3-11-25(29)19-20-26-12-4-8-16-30(26)32/h1-20,31-32H,21-22,33H2. The van der Waals surface area contributed by atoms with Gasteiger partial charge in [0.15, 0.2) is 0 Å². The highest BCUT2D eigenvalue weighted by atomic mass is 15.2. The molecule has 34 heavy (non-hydrogen) atoms. The summed E-state index contributed by atoms with van der Waals surface area (Å²) in [6.45, 7) is 1.36. The van der Waals surface area contributed by atoms with Crippen molar-refractivity contribution in [1.82, 2.24) is 4.90 Å². The van der Waals surface area contributed by atoms with E-state index in [4.69, 9.17) is 5.73 Å². The molecule has 0 amide bonds. The van der Waals surface area contributed by atoms with E-state index in [1.54, 1.807) is 0 Å². The fraction of sp³-hybridized carbons (Fsp3) is 0.125. The van der Waals surface area contributed by atoms with Crippen LogP contribution in [0.25, 0.3) is 24.3 Å². The molecule has 2 aliphatic carbocycles. The molecule has 4 aromatic carbocycles. The molecule has 2 N–H and O–H groups in total. The Morgan fingerprint density at radius 1 is 0.471 bits per heavy atom. The Morgan fingerprint density at radius 3 is 1.06 bits per heavy atom. The zero-order valence-electron chi connectivity index (χ0n) is 19.1. The van der Waals surface area contributed by atoms with Crippen molar-refractivity contribution in [2.75, 3.05) is 13.1 Å². The van der Waals surface area contributed by atoms with Gasteiger partial charge in [-0.25, -0.2) is 0 Å². The van der Waals surface area contributed by atoms with Gasteiger partial charge in [-0.05, 0) is 44.5 Å². The zero-order chi connectivity index (χ0) is 22.9. The van der Waals surface area contributed by atoms with E-state index in [0.29, 0.717) is 6.54 Å². The van der Waals surface area contributed by atoms with Crippen LogP contribution in [-0.2, 0) is 0 Å². The van der Waals surface area contributed by atoms with Crippen LogP contribution in [0.5, 0.6) is 0 Å². The average molecular weight is 441 g/mol. The molecule has 2 heteroatoms. The van der Waals surface area contributed by atoms with Crippen molar-refractivity contribution in [2.24, 2.45) is 5.73 Å². The average Bonchev–Trinajstić information content (AvgIpc) is 3.16. The van der Waals surface area contributed by atoms with Gasteiger partial charge in [0.2, 0.25) is 0 Å². The van der Waals surface area contributed by atoms with Gasteiger partial charge in [-0.3, -0.25) is 4.90 Å². The lowest BCUT2D eigenvalue weighted by Crippen LogP contribution is -2.38. The molecule has 0 unspecified atom stereocenters. The van der Waals surface area contributed by atoms with Crippen molar-refractivity contribution < 1.29 is 0 Å². The number of hydrogen-bond acceptors (Lipinski definition) is 2. The largest absolute Gasteiger partial charge is 0.329 e. The molecule has 0 radical (unpaired) electrons. The molecule has 166 valence electrons. The summed E-state index contributed by atoms with van der Waals surface area (Å²) in [7, 11) is 0. The van der Waals surface area contributed by atoms with Crippen molar-refractivity contribution in [2.45, 2.75) is 12.1 Å². The third-order valence-electron chi connectivity index (χ3n) is 7.10. The van der Waals surface area contributed by atoms with Gasteiger partial charge in [-0.2, -0.15) is 0 Å². The normalized spacial score (nSPS) is 14.6. The maximum absolute atomic E-state index is 6.33. The Kier molecular flexibility index (Phi) is 5.46. The Hall–Kier alpha value is -3.72. The minimum Gasteiger partial charge on any atom is -0.329 e. The lowest BCUT2D eigenvalue weighted by molar-refractivity contribution is 0.185. The van der Waals surface area contributed by atoms with Gasteiger partial charge in [0.1, 0.15) is 0 Å². The summed E-state index contributed by atoms with van der Waals surface area (Å²) in [6.07, 6.45) is 9.02. The molecule has 0 aromatic heterocycles. The van der Waals surface area contributed by atoms with Crippen molar-refractivity contribution in [3.63, 3.8) is 0 Å². The number of rotatable bonds is 4. The fourth-order valence-electron chi connectivity index (χ4n) is 5.61. The maximum Gasteiger partial charge on any atom is 0.0622 e. The van der Waals surface area contributed by atoms with Gasteiger partial charge in [-0.15, -0.1) is 0 Å². The maximum atomic E-state index is 6.33. The number of fused-ring (bicyclic) bond motifs is 4. The summed E-state index contributed by atoms with van der Waals surface area (Å²) in [6, 6.07) is 35.3. The third kappa shape index (κ3) is 3.52. The van der Waals surface area contributed by atoms with Crippen molar-refractivity contribution in [3.05, 3.63) is 142 Å². The van der Waals surface area contributed by atoms with Crippen LogP contribution in [0, 0.1) is 0 Å². The molecular formula is C32H28N2. The van der Waals surface area contributed by atoms with Crippen molar-refractivity contribution in [1.29, 1.82) is 0 Å². The first-order valence-corrected chi connectivity index (χ1v) is 12.0. The van der Waals surface area contributed by atoms with E-state index in [2.05, 4.69) is 126 Å². The quantitative estimate of drug-likeness (QED) is 0.378. The molecule has 0 bridgehead atoms. The summed E-state index contributed by atoms with van der Waals surface area (Å²) < 4.78 is 0. The van der Waals surface area contributed by atoms with Crippen molar-refractivity contribution in [3.8, 4) is 0 Å². The highest BCUT2D eigenvalue weighted by Gasteiger charge is 2.35. The van der Waals surface area contributed by atoms with Gasteiger partial charge in [0, 0.05) is 13.1 Å². The molecule has 0 spiro atoms. The van der Waals surface area contributed by atoms with E-state index >= 15 is 0 Å². The Labute approximate surface area is 201 Å². The van der Waals surface area contributed by atoms with E-state index in [-0.39, 0.29) is 12.1 Å². The lowest BCUT2D eigenvalue weighted by Gasteiger charge is -2.40. The first-order chi connectivity index (χ1) is 16.8. The van der Waals surface area contributed by atoms with Crippen molar-refractivity contribution >= 4 is 24.3 Å². The molecule has 2 nitrogen and oxygen atoms in total. The SMILES string of the molecule is NCCN(C1c2ccccc2C=Cc2ccccc21)C1c2ccccc2C=Cc2ccccc21. The first-order valence-electron chi connectivity index (χ1n) is 12.0. The molecule has 0 saturated heterocycles. The first kappa shape index (κ1) is 20.9. The van der Waals surface area contributed by atoms with Crippen LogP contribution in [0.1, 0.15) is 56.6 Å². The highest BCUT2D eigenvalue weighted by molar-refractivity contribution is 5.78. The fourth-order valence-corrected chi connectivity index (χ4v) is 5.61. The smallest absolute Gasteiger partial charge is 0.0622 e. The van der Waals surface area contributed by atoms with Crippen LogP contribution >= 0.6 is 0 Å². The minimum absolute atomic E-state index is 0.0789. The highest BCUT2D eigenvalue weighted by Crippen LogP contribution is 2.45. The molecule has 0 fully saturated rings. The van der Waals surface area contributed by atoms with Gasteiger partial charge in [-0.1, -0.05) is 121 Å². The monoisotopic (exact) mass is 440 g/mol. The van der Waals surface area contributed by atoms with Crippen LogP contribution in [0.15, 0.2) is 97.1 Å². The van der Waals surface area contributed by atoms with Crippen LogP contribution in [0.3, 0.4) is 0 Å². The van der Waals surface area contributed by atoms with E-state index in [9.17, 15) is 0 Å². The second kappa shape index (κ2) is 8.90. The molecule has 2 aliphatic rings. The number of benzene rings is 4. The number of hydrogen-bond donors (Lipinski definition) is 1. The Balaban J connectivity index is 1.63. The molecule has 0 saturated carbocycles. The second-order valence-electron chi connectivity index (χ2n) is 9.01. The summed E-state index contributed by atoms with van der Waals surface area (Å²) in [5.74, 6) is 0. The van der Waals surface area contributed by atoms with E-state index < -0.39 is 0 Å². The molecule has 0 atom stereocenters. The van der Waals surface area contributed by atoms with Gasteiger partial charge in [0.25, 0.3) is 0 Å². The van der Waals surface area contributed by atoms with Gasteiger partial charge < -0.3 is 5.73 Å². The van der Waals surface area contributed by atoms with Crippen LogP contribution < -0.4 is 5.73 Å². The second-order valence-corrected chi connectivity index (χ2v) is 9.01. The van der Waals surface area contributed by atoms with E-state index in [0.717, 1.165) is 6.54 Å². The van der Waals surface area contributed by atoms with Gasteiger partial charge in [0.05, 0.1) is 12.1 Å².